The largest absolute Gasteiger partial charge is 0.446 e. The molecule has 0 atom stereocenters. The van der Waals surface area contributed by atoms with Crippen LogP contribution < -0.4 is 0 Å². The molecule has 0 bridgehead atoms. The van der Waals surface area contributed by atoms with Crippen LogP contribution in [0.3, 0.4) is 0 Å². The van der Waals surface area contributed by atoms with E-state index < -0.39 is 0 Å². The summed E-state index contributed by atoms with van der Waals surface area (Å²) >= 11 is 0. The van der Waals surface area contributed by atoms with Gasteiger partial charge in [0.05, 0.1) is 6.20 Å². The molecule has 1 aromatic rings. The predicted octanol–water partition coefficient (Wildman–Crippen LogP) is 8.58. The monoisotopic (exact) mass is 377 g/mol. The van der Waals surface area contributed by atoms with Crippen LogP contribution in [0.4, 0.5) is 0 Å². The molecule has 1 heterocycles. The third kappa shape index (κ3) is 14.4. The van der Waals surface area contributed by atoms with E-state index in [0.29, 0.717) is 5.41 Å². The van der Waals surface area contributed by atoms with Crippen LogP contribution in [-0.4, -0.2) is 4.98 Å². The minimum Gasteiger partial charge on any atom is -0.446 e. The van der Waals surface area contributed by atoms with Gasteiger partial charge in [-0.05, 0) is 50.9 Å². The first-order chi connectivity index (χ1) is 12.5. The predicted molar refractivity (Wildman–Crippen MR) is 122 cm³/mol. The molecular formula is C25H47NO. The van der Waals surface area contributed by atoms with Gasteiger partial charge in [-0.2, -0.15) is 0 Å². The number of nitrogens with zero attached hydrogens (tertiary/aromatic N) is 1. The summed E-state index contributed by atoms with van der Waals surface area (Å²) in [4.78, 5) is 4.15. The van der Waals surface area contributed by atoms with E-state index in [2.05, 4.69) is 66.1 Å². The van der Waals surface area contributed by atoms with Crippen LogP contribution in [0.5, 0.6) is 0 Å². The van der Waals surface area contributed by atoms with Gasteiger partial charge < -0.3 is 4.42 Å². The number of aryl methyl sites for hydroxylation is 1. The van der Waals surface area contributed by atoms with Crippen molar-refractivity contribution < 1.29 is 4.42 Å². The smallest absolute Gasteiger partial charge is 0.194 e. The van der Waals surface area contributed by atoms with Crippen LogP contribution >= 0.6 is 0 Å². The molecule has 1 fully saturated rings. The summed E-state index contributed by atoms with van der Waals surface area (Å²) in [5, 5.41) is 0. The van der Waals surface area contributed by atoms with E-state index in [1.54, 1.807) is 0 Å². The first-order valence-corrected chi connectivity index (χ1v) is 10.7. The zero-order valence-corrected chi connectivity index (χ0v) is 20.3. The average molecular weight is 378 g/mol. The van der Waals surface area contributed by atoms with Crippen molar-refractivity contribution in [3.05, 3.63) is 41.6 Å². The van der Waals surface area contributed by atoms with Gasteiger partial charge >= 0.3 is 0 Å². The lowest BCUT2D eigenvalue weighted by Crippen LogP contribution is -2.08. The highest BCUT2D eigenvalue weighted by molar-refractivity contribution is 5.15. The third-order valence-electron chi connectivity index (χ3n) is 4.47. The van der Waals surface area contributed by atoms with Gasteiger partial charge in [0.15, 0.2) is 5.89 Å². The topological polar surface area (TPSA) is 26.0 Å². The van der Waals surface area contributed by atoms with Crippen LogP contribution in [-0.2, 0) is 12.8 Å². The maximum Gasteiger partial charge on any atom is 0.194 e. The Morgan fingerprint density at radius 3 is 1.93 bits per heavy atom. The maximum atomic E-state index is 5.50. The molecule has 1 aromatic heterocycles. The highest BCUT2D eigenvalue weighted by atomic mass is 16.4. The Hall–Kier alpha value is -1.31. The minimum absolute atomic E-state index is 0.282. The van der Waals surface area contributed by atoms with E-state index in [1.165, 1.54) is 24.0 Å². The molecule has 27 heavy (non-hydrogen) atoms. The van der Waals surface area contributed by atoms with Crippen molar-refractivity contribution >= 4 is 0 Å². The number of rotatable bonds is 4. The van der Waals surface area contributed by atoms with E-state index in [0.717, 1.165) is 30.9 Å². The highest BCUT2D eigenvalue weighted by Gasteiger charge is 2.38. The molecular weight excluding hydrogens is 330 g/mol. The summed E-state index contributed by atoms with van der Waals surface area (Å²) in [6.45, 7) is 27.3. The van der Waals surface area contributed by atoms with Gasteiger partial charge in [0.1, 0.15) is 5.76 Å². The average Bonchev–Trinajstić information content (AvgIpc) is 3.22. The summed E-state index contributed by atoms with van der Waals surface area (Å²) in [6, 6.07) is 0. The molecule has 0 amide bonds. The summed E-state index contributed by atoms with van der Waals surface area (Å²) < 4.78 is 5.50. The van der Waals surface area contributed by atoms with Gasteiger partial charge in [-0.25, -0.2) is 4.98 Å². The van der Waals surface area contributed by atoms with Gasteiger partial charge in [-0.3, -0.25) is 0 Å². The lowest BCUT2D eigenvalue weighted by atomic mass is 9.91. The van der Waals surface area contributed by atoms with E-state index >= 15 is 0 Å². The fourth-order valence-electron chi connectivity index (χ4n) is 2.08. The summed E-state index contributed by atoms with van der Waals surface area (Å²) in [7, 11) is 0. The lowest BCUT2D eigenvalue weighted by Gasteiger charge is -2.15. The van der Waals surface area contributed by atoms with Crippen LogP contribution in [0.15, 0.2) is 34.4 Å². The fraction of sp³-hybridized carbons (Fsp3) is 0.720. The number of hydrogen-bond donors (Lipinski definition) is 0. The van der Waals surface area contributed by atoms with Gasteiger partial charge in [0.2, 0.25) is 0 Å². The van der Waals surface area contributed by atoms with Gasteiger partial charge in [-0.1, -0.05) is 79.2 Å². The first kappa shape index (κ1) is 27.9. The molecule has 2 rings (SSSR count). The summed E-state index contributed by atoms with van der Waals surface area (Å²) in [5.74, 6) is 1.84. The van der Waals surface area contributed by atoms with E-state index in [9.17, 15) is 0 Å². The second-order valence-corrected chi connectivity index (χ2v) is 8.70. The Bertz CT molecular complexity index is 535. The molecule has 1 aliphatic rings. The Balaban J connectivity index is 0. The Morgan fingerprint density at radius 1 is 1.22 bits per heavy atom. The minimum atomic E-state index is 0.282. The van der Waals surface area contributed by atoms with E-state index in [4.69, 9.17) is 4.42 Å². The van der Waals surface area contributed by atoms with Crippen LogP contribution in [0.2, 0.25) is 0 Å². The molecule has 2 nitrogen and oxygen atoms in total. The van der Waals surface area contributed by atoms with Crippen LogP contribution in [0.1, 0.15) is 107 Å². The van der Waals surface area contributed by atoms with Crippen molar-refractivity contribution in [2.75, 3.05) is 0 Å². The molecule has 0 N–H and O–H groups in total. The molecule has 0 unspecified atom stereocenters. The standard InChI is InChI=1S/C10H17NO.C8H14.C5H10.C2H6/c1-5-9-11-7-8(12-9)6-10(2,3)4;1-4-7(2)8(3)5-6-8;1-4-5(2)3;1-2/h7H,5-6H2,1-4H3;2,4-6H2,1,3H3;4H,1-3H3;1-2H3. The van der Waals surface area contributed by atoms with Crippen molar-refractivity contribution in [2.24, 2.45) is 10.8 Å². The molecule has 0 saturated heterocycles. The van der Waals surface area contributed by atoms with Crippen LogP contribution in [0, 0.1) is 10.8 Å². The number of hydrogen-bond acceptors (Lipinski definition) is 2. The summed E-state index contributed by atoms with van der Waals surface area (Å²) in [6.07, 6.45) is 9.67. The van der Waals surface area contributed by atoms with Gasteiger partial charge in [0.25, 0.3) is 0 Å². The molecule has 2 heteroatoms. The second-order valence-electron chi connectivity index (χ2n) is 8.70. The number of allylic oxidation sites excluding steroid dienone is 3. The van der Waals surface area contributed by atoms with Crippen molar-refractivity contribution in [1.82, 2.24) is 4.98 Å². The molecule has 0 aromatic carbocycles. The number of aromatic nitrogens is 1. The zero-order chi connectivity index (χ0) is 21.7. The highest BCUT2D eigenvalue weighted by Crippen LogP contribution is 2.51. The van der Waals surface area contributed by atoms with Gasteiger partial charge in [-0.15, -0.1) is 0 Å². The third-order valence-corrected chi connectivity index (χ3v) is 4.47. The SMILES string of the molecule is C=C(CC)C1(C)CC1.CC.CC=C(C)C.CCc1ncc(CC(C)(C)C)o1. The van der Waals surface area contributed by atoms with E-state index in [-0.39, 0.29) is 5.41 Å². The fourth-order valence-corrected chi connectivity index (χ4v) is 2.08. The van der Waals surface area contributed by atoms with Crippen molar-refractivity contribution in [2.45, 2.75) is 108 Å². The van der Waals surface area contributed by atoms with E-state index in [1.807, 2.05) is 33.9 Å². The molecule has 0 radical (unpaired) electrons. The van der Waals surface area contributed by atoms with Crippen molar-refractivity contribution in [3.63, 3.8) is 0 Å². The molecule has 0 spiro atoms. The van der Waals surface area contributed by atoms with Gasteiger partial charge in [0, 0.05) is 12.8 Å². The quantitative estimate of drug-likeness (QED) is 0.491. The van der Waals surface area contributed by atoms with Crippen molar-refractivity contribution in [3.8, 4) is 0 Å². The Kier molecular flexibility index (Phi) is 14.3. The Morgan fingerprint density at radius 2 is 1.70 bits per heavy atom. The molecule has 1 saturated carbocycles. The normalized spacial score (nSPS) is 13.6. The van der Waals surface area contributed by atoms with Crippen LogP contribution in [0.25, 0.3) is 0 Å². The molecule has 158 valence electrons. The maximum absolute atomic E-state index is 5.50. The molecule has 0 aliphatic heterocycles. The number of oxazole rings is 1. The zero-order valence-electron chi connectivity index (χ0n) is 20.3. The first-order valence-electron chi connectivity index (χ1n) is 10.7. The second kappa shape index (κ2) is 13.8. The molecule has 1 aliphatic carbocycles. The summed E-state index contributed by atoms with van der Waals surface area (Å²) in [5.41, 5.74) is 3.67. The van der Waals surface area contributed by atoms with Crippen molar-refractivity contribution in [1.29, 1.82) is 0 Å². The lowest BCUT2D eigenvalue weighted by molar-refractivity contribution is 0.353. The Labute approximate surface area is 170 Å².